The number of rotatable bonds is 1. The molecule has 3 nitrogen and oxygen atoms in total. The van der Waals surface area contributed by atoms with Crippen LogP contribution < -0.4 is 0 Å². The van der Waals surface area contributed by atoms with Crippen LogP contribution in [0.5, 0.6) is 5.75 Å². The average Bonchev–Trinajstić information content (AvgIpc) is 2.53. The molecule has 2 atom stereocenters. The lowest BCUT2D eigenvalue weighted by Gasteiger charge is -2.12. The van der Waals surface area contributed by atoms with Gasteiger partial charge in [0.25, 0.3) is 0 Å². The van der Waals surface area contributed by atoms with Gasteiger partial charge in [0, 0.05) is 5.92 Å². The Morgan fingerprint density at radius 1 is 1.15 bits per heavy atom. The maximum atomic E-state index is 9.52. The Kier molecular flexibility index (Phi) is 2.20. The van der Waals surface area contributed by atoms with E-state index < -0.39 is 6.10 Å². The number of phenols is 1. The number of aliphatic hydroxyl groups excluding tert-OH is 1. The smallest absolute Gasteiger partial charge is 0.115 e. The SMILES string of the molecule is Oc1ccc([C@@H]2COC[C@H]2O)cc1. The zero-order valence-corrected chi connectivity index (χ0v) is 7.18. The highest BCUT2D eigenvalue weighted by atomic mass is 16.5. The Hall–Kier alpha value is -1.06. The minimum Gasteiger partial charge on any atom is -0.508 e. The minimum absolute atomic E-state index is 0.0561. The number of aliphatic hydroxyl groups is 1. The van der Waals surface area contributed by atoms with Gasteiger partial charge in [-0.15, -0.1) is 0 Å². The summed E-state index contributed by atoms with van der Waals surface area (Å²) in [6.45, 7) is 0.970. The second kappa shape index (κ2) is 3.36. The molecule has 0 bridgehead atoms. The Morgan fingerprint density at radius 3 is 2.38 bits per heavy atom. The predicted octanol–water partition coefficient (Wildman–Crippen LogP) is 0.867. The highest BCUT2D eigenvalue weighted by Crippen LogP contribution is 2.26. The number of hydrogen-bond acceptors (Lipinski definition) is 3. The summed E-state index contributed by atoms with van der Waals surface area (Å²) in [7, 11) is 0. The molecule has 0 aromatic heterocycles. The fourth-order valence-corrected chi connectivity index (χ4v) is 1.58. The molecule has 1 aromatic rings. The van der Waals surface area contributed by atoms with E-state index in [0.717, 1.165) is 5.56 Å². The van der Waals surface area contributed by atoms with Gasteiger partial charge in [-0.2, -0.15) is 0 Å². The van der Waals surface area contributed by atoms with Crippen LogP contribution in [0.1, 0.15) is 11.5 Å². The first kappa shape index (κ1) is 8.53. The lowest BCUT2D eigenvalue weighted by Crippen LogP contribution is -2.15. The lowest BCUT2D eigenvalue weighted by molar-refractivity contribution is 0.124. The topological polar surface area (TPSA) is 49.7 Å². The number of hydrogen-bond donors (Lipinski definition) is 2. The van der Waals surface area contributed by atoms with Crippen molar-refractivity contribution in [3.63, 3.8) is 0 Å². The zero-order valence-electron chi connectivity index (χ0n) is 7.18. The van der Waals surface area contributed by atoms with Crippen molar-refractivity contribution in [3.05, 3.63) is 29.8 Å². The molecule has 2 N–H and O–H groups in total. The minimum atomic E-state index is -0.412. The molecule has 1 aliphatic rings. The van der Waals surface area contributed by atoms with Gasteiger partial charge < -0.3 is 14.9 Å². The third-order valence-corrected chi connectivity index (χ3v) is 2.37. The van der Waals surface area contributed by atoms with E-state index >= 15 is 0 Å². The third kappa shape index (κ3) is 1.66. The summed E-state index contributed by atoms with van der Waals surface area (Å²) < 4.78 is 5.14. The van der Waals surface area contributed by atoms with Crippen LogP contribution >= 0.6 is 0 Å². The highest BCUT2D eigenvalue weighted by molar-refractivity contribution is 5.29. The van der Waals surface area contributed by atoms with E-state index in [-0.39, 0.29) is 11.7 Å². The summed E-state index contributed by atoms with van der Waals surface area (Å²) in [5.74, 6) is 0.303. The van der Waals surface area contributed by atoms with E-state index in [2.05, 4.69) is 0 Å². The van der Waals surface area contributed by atoms with Gasteiger partial charge in [-0.05, 0) is 17.7 Å². The van der Waals surface area contributed by atoms with E-state index in [0.29, 0.717) is 13.2 Å². The molecule has 70 valence electrons. The molecule has 0 unspecified atom stereocenters. The fraction of sp³-hybridized carbons (Fsp3) is 0.400. The molecule has 0 radical (unpaired) electrons. The van der Waals surface area contributed by atoms with E-state index in [1.807, 2.05) is 12.1 Å². The van der Waals surface area contributed by atoms with Crippen molar-refractivity contribution in [2.75, 3.05) is 13.2 Å². The molecule has 13 heavy (non-hydrogen) atoms. The van der Waals surface area contributed by atoms with Crippen LogP contribution in [-0.2, 0) is 4.74 Å². The van der Waals surface area contributed by atoms with E-state index in [4.69, 9.17) is 9.84 Å². The molecule has 0 spiro atoms. The van der Waals surface area contributed by atoms with Crippen LogP contribution in [0.25, 0.3) is 0 Å². The maximum Gasteiger partial charge on any atom is 0.115 e. The molecular weight excluding hydrogens is 168 g/mol. The van der Waals surface area contributed by atoms with Crippen LogP contribution in [0.4, 0.5) is 0 Å². The van der Waals surface area contributed by atoms with Gasteiger partial charge >= 0.3 is 0 Å². The second-order valence-electron chi connectivity index (χ2n) is 3.30. The van der Waals surface area contributed by atoms with Gasteiger partial charge in [-0.25, -0.2) is 0 Å². The standard InChI is InChI=1S/C10H12O3/c11-8-3-1-7(2-4-8)9-5-13-6-10(9)12/h1-4,9-12H,5-6H2/t9-,10+/m0/s1. The summed E-state index contributed by atoms with van der Waals surface area (Å²) in [6, 6.07) is 6.89. The number of phenolic OH excluding ortho intramolecular Hbond substituents is 1. The first-order valence-corrected chi connectivity index (χ1v) is 4.32. The Morgan fingerprint density at radius 2 is 1.85 bits per heavy atom. The molecule has 0 aliphatic carbocycles. The monoisotopic (exact) mass is 180 g/mol. The molecule has 0 saturated carbocycles. The molecule has 3 heteroatoms. The third-order valence-electron chi connectivity index (χ3n) is 2.37. The first-order valence-electron chi connectivity index (χ1n) is 4.32. The summed E-state index contributed by atoms with van der Waals surface area (Å²) in [5, 5.41) is 18.6. The molecular formula is C10H12O3. The predicted molar refractivity (Wildman–Crippen MR) is 47.7 cm³/mol. The van der Waals surface area contributed by atoms with Gasteiger partial charge in [0.15, 0.2) is 0 Å². The molecule has 2 rings (SSSR count). The van der Waals surface area contributed by atoms with Crippen molar-refractivity contribution in [1.82, 2.24) is 0 Å². The largest absolute Gasteiger partial charge is 0.508 e. The van der Waals surface area contributed by atoms with Gasteiger partial charge in [-0.3, -0.25) is 0 Å². The van der Waals surface area contributed by atoms with Gasteiger partial charge in [0.2, 0.25) is 0 Å². The molecule has 1 saturated heterocycles. The van der Waals surface area contributed by atoms with Crippen LogP contribution in [-0.4, -0.2) is 29.5 Å². The van der Waals surface area contributed by atoms with Gasteiger partial charge in [-0.1, -0.05) is 12.1 Å². The Balaban J connectivity index is 2.20. The first-order chi connectivity index (χ1) is 6.27. The van der Waals surface area contributed by atoms with Crippen molar-refractivity contribution in [3.8, 4) is 5.75 Å². The van der Waals surface area contributed by atoms with E-state index in [1.165, 1.54) is 0 Å². The molecule has 1 aromatic carbocycles. The molecule has 1 fully saturated rings. The number of aromatic hydroxyl groups is 1. The Bertz CT molecular complexity index is 281. The number of ether oxygens (including phenoxy) is 1. The molecule has 0 amide bonds. The number of benzene rings is 1. The summed E-state index contributed by atoms with van der Waals surface area (Å²) in [6.07, 6.45) is -0.412. The van der Waals surface area contributed by atoms with Gasteiger partial charge in [0.1, 0.15) is 5.75 Å². The van der Waals surface area contributed by atoms with Crippen LogP contribution in [0.15, 0.2) is 24.3 Å². The summed E-state index contributed by atoms with van der Waals surface area (Å²) in [5.41, 5.74) is 1.02. The molecule has 1 aliphatic heterocycles. The maximum absolute atomic E-state index is 9.52. The van der Waals surface area contributed by atoms with Crippen molar-refractivity contribution in [2.24, 2.45) is 0 Å². The molecule has 1 heterocycles. The van der Waals surface area contributed by atoms with Crippen molar-refractivity contribution in [1.29, 1.82) is 0 Å². The zero-order chi connectivity index (χ0) is 9.26. The lowest BCUT2D eigenvalue weighted by atomic mass is 9.96. The van der Waals surface area contributed by atoms with Crippen LogP contribution in [0.3, 0.4) is 0 Å². The van der Waals surface area contributed by atoms with Gasteiger partial charge in [0.05, 0.1) is 19.3 Å². The fourth-order valence-electron chi connectivity index (χ4n) is 1.58. The van der Waals surface area contributed by atoms with Crippen molar-refractivity contribution >= 4 is 0 Å². The highest BCUT2D eigenvalue weighted by Gasteiger charge is 2.27. The summed E-state index contributed by atoms with van der Waals surface area (Å²) in [4.78, 5) is 0. The van der Waals surface area contributed by atoms with E-state index in [9.17, 15) is 5.11 Å². The quantitative estimate of drug-likeness (QED) is 0.674. The van der Waals surface area contributed by atoms with Crippen molar-refractivity contribution in [2.45, 2.75) is 12.0 Å². The van der Waals surface area contributed by atoms with E-state index in [1.54, 1.807) is 12.1 Å². The second-order valence-corrected chi connectivity index (χ2v) is 3.30. The van der Waals surface area contributed by atoms with Crippen LogP contribution in [0, 0.1) is 0 Å². The Labute approximate surface area is 76.6 Å². The van der Waals surface area contributed by atoms with Crippen LogP contribution in [0.2, 0.25) is 0 Å². The summed E-state index contributed by atoms with van der Waals surface area (Å²) >= 11 is 0. The normalized spacial score (nSPS) is 27.8. The average molecular weight is 180 g/mol. The van der Waals surface area contributed by atoms with Crippen molar-refractivity contribution < 1.29 is 14.9 Å².